The second-order valence-corrected chi connectivity index (χ2v) is 5.02. The van der Waals surface area contributed by atoms with Crippen molar-refractivity contribution in [3.8, 4) is 0 Å². The predicted molar refractivity (Wildman–Crippen MR) is 71.0 cm³/mol. The minimum absolute atomic E-state index is 0.373. The van der Waals surface area contributed by atoms with Crippen molar-refractivity contribution < 1.29 is 25.2 Å². The summed E-state index contributed by atoms with van der Waals surface area (Å²) in [6.45, 7) is -1.30. The summed E-state index contributed by atoms with van der Waals surface area (Å²) in [7, 11) is 0. The lowest BCUT2D eigenvalue weighted by Gasteiger charge is -2.27. The van der Waals surface area contributed by atoms with Crippen LogP contribution in [-0.2, 0) is 4.74 Å². The first-order valence-electron chi connectivity index (χ1n) is 6.37. The molecule has 1 aliphatic rings. The molecule has 3 rings (SSSR count). The average molecular weight is 296 g/mol. The van der Waals surface area contributed by atoms with Gasteiger partial charge < -0.3 is 30.9 Å². The van der Waals surface area contributed by atoms with Crippen LogP contribution >= 0.6 is 0 Å². The van der Waals surface area contributed by atoms with E-state index in [1.54, 1.807) is 6.07 Å². The summed E-state index contributed by atoms with van der Waals surface area (Å²) in [6, 6.07) is 1.59. The van der Waals surface area contributed by atoms with E-state index in [1.807, 2.05) is 0 Å². The number of hydrogen-bond acceptors (Lipinski definition) is 8. The van der Waals surface area contributed by atoms with Crippen LogP contribution in [0.15, 0.2) is 18.6 Å². The first kappa shape index (κ1) is 14.2. The molecule has 0 bridgehead atoms. The first-order valence-corrected chi connectivity index (χ1v) is 6.37. The Hall–Kier alpha value is -1.78. The number of nitrogens with zero attached hydrogens (tertiary/aromatic N) is 3. The van der Waals surface area contributed by atoms with E-state index < -0.39 is 37.3 Å². The SMILES string of the molecule is Nc1ccnc2c1ncn2[C@@H]1O[C@H](CO)[C@](O)(CO)[C@H]1O. The van der Waals surface area contributed by atoms with Gasteiger partial charge in [-0.05, 0) is 6.07 Å². The second-order valence-electron chi connectivity index (χ2n) is 5.02. The summed E-state index contributed by atoms with van der Waals surface area (Å²) >= 11 is 0. The Labute approximate surface area is 119 Å². The van der Waals surface area contributed by atoms with Crippen molar-refractivity contribution in [2.24, 2.45) is 0 Å². The fourth-order valence-corrected chi connectivity index (χ4v) is 2.55. The fourth-order valence-electron chi connectivity index (χ4n) is 2.55. The number of aliphatic hydroxyl groups excluding tert-OH is 3. The molecule has 1 fully saturated rings. The van der Waals surface area contributed by atoms with E-state index in [4.69, 9.17) is 10.5 Å². The van der Waals surface area contributed by atoms with Crippen LogP contribution in [0.1, 0.15) is 6.23 Å². The Morgan fingerprint density at radius 2 is 2.14 bits per heavy atom. The van der Waals surface area contributed by atoms with E-state index in [9.17, 15) is 20.4 Å². The van der Waals surface area contributed by atoms with Crippen LogP contribution in [0.4, 0.5) is 5.69 Å². The van der Waals surface area contributed by atoms with Gasteiger partial charge in [0.2, 0.25) is 0 Å². The highest BCUT2D eigenvalue weighted by atomic mass is 16.6. The number of aromatic nitrogens is 3. The van der Waals surface area contributed by atoms with Crippen molar-refractivity contribution in [2.75, 3.05) is 18.9 Å². The lowest BCUT2D eigenvalue weighted by atomic mass is 9.93. The molecule has 0 aliphatic carbocycles. The molecule has 9 heteroatoms. The molecule has 0 saturated carbocycles. The van der Waals surface area contributed by atoms with Gasteiger partial charge in [0.05, 0.1) is 25.2 Å². The summed E-state index contributed by atoms with van der Waals surface area (Å²) < 4.78 is 6.86. The molecule has 0 unspecified atom stereocenters. The zero-order valence-electron chi connectivity index (χ0n) is 11.0. The smallest absolute Gasteiger partial charge is 0.166 e. The number of nitrogen functional groups attached to an aromatic ring is 1. The zero-order valence-corrected chi connectivity index (χ0v) is 11.0. The van der Waals surface area contributed by atoms with Crippen molar-refractivity contribution in [2.45, 2.75) is 24.0 Å². The molecular weight excluding hydrogens is 280 g/mol. The molecule has 2 aromatic heterocycles. The zero-order chi connectivity index (χ0) is 15.2. The summed E-state index contributed by atoms with van der Waals surface area (Å²) in [5, 5.41) is 39.1. The third kappa shape index (κ3) is 1.90. The number of pyridine rings is 1. The molecule has 21 heavy (non-hydrogen) atoms. The van der Waals surface area contributed by atoms with Crippen molar-refractivity contribution >= 4 is 16.9 Å². The van der Waals surface area contributed by atoms with Crippen LogP contribution < -0.4 is 5.73 Å². The van der Waals surface area contributed by atoms with E-state index >= 15 is 0 Å². The van der Waals surface area contributed by atoms with Gasteiger partial charge in [0, 0.05) is 6.20 Å². The molecule has 9 nitrogen and oxygen atoms in total. The Morgan fingerprint density at radius 3 is 2.76 bits per heavy atom. The van der Waals surface area contributed by atoms with E-state index in [1.165, 1.54) is 17.1 Å². The van der Waals surface area contributed by atoms with Crippen LogP contribution in [0.3, 0.4) is 0 Å². The molecule has 3 heterocycles. The Balaban J connectivity index is 2.06. The monoisotopic (exact) mass is 296 g/mol. The maximum Gasteiger partial charge on any atom is 0.166 e. The van der Waals surface area contributed by atoms with Gasteiger partial charge in [0.25, 0.3) is 0 Å². The number of aliphatic hydroxyl groups is 4. The number of nitrogens with two attached hydrogens (primary N) is 1. The Morgan fingerprint density at radius 1 is 1.38 bits per heavy atom. The third-order valence-electron chi connectivity index (χ3n) is 3.83. The van der Waals surface area contributed by atoms with Crippen molar-refractivity contribution in [1.82, 2.24) is 14.5 Å². The maximum atomic E-state index is 10.3. The van der Waals surface area contributed by atoms with Gasteiger partial charge in [-0.25, -0.2) is 9.97 Å². The molecule has 0 aromatic carbocycles. The van der Waals surface area contributed by atoms with Crippen LogP contribution in [0.25, 0.3) is 11.2 Å². The lowest BCUT2D eigenvalue weighted by Crippen LogP contribution is -2.52. The molecule has 0 spiro atoms. The largest absolute Gasteiger partial charge is 0.397 e. The van der Waals surface area contributed by atoms with Crippen LogP contribution in [0.2, 0.25) is 0 Å². The van der Waals surface area contributed by atoms with Crippen molar-refractivity contribution in [3.63, 3.8) is 0 Å². The predicted octanol–water partition coefficient (Wildman–Crippen LogP) is -2.01. The molecule has 4 atom stereocenters. The van der Waals surface area contributed by atoms with Gasteiger partial charge in [-0.3, -0.25) is 4.57 Å². The van der Waals surface area contributed by atoms with Gasteiger partial charge in [-0.2, -0.15) is 0 Å². The highest BCUT2D eigenvalue weighted by Gasteiger charge is 2.55. The lowest BCUT2D eigenvalue weighted by molar-refractivity contribution is -0.119. The molecule has 0 amide bonds. The number of anilines is 1. The second kappa shape index (κ2) is 4.90. The number of ether oxygens (including phenoxy) is 1. The van der Waals surface area contributed by atoms with Gasteiger partial charge in [0.15, 0.2) is 11.9 Å². The maximum absolute atomic E-state index is 10.3. The quantitative estimate of drug-likeness (QED) is 0.436. The topological polar surface area (TPSA) is 147 Å². The van der Waals surface area contributed by atoms with Gasteiger partial charge >= 0.3 is 0 Å². The van der Waals surface area contributed by atoms with E-state index in [-0.39, 0.29) is 0 Å². The van der Waals surface area contributed by atoms with E-state index in [2.05, 4.69) is 9.97 Å². The van der Waals surface area contributed by atoms with Gasteiger partial charge in [-0.15, -0.1) is 0 Å². The van der Waals surface area contributed by atoms with Crippen molar-refractivity contribution in [1.29, 1.82) is 0 Å². The number of rotatable bonds is 3. The average Bonchev–Trinajstić information content (AvgIpc) is 3.01. The minimum atomic E-state index is -1.96. The molecule has 1 aliphatic heterocycles. The summed E-state index contributed by atoms with van der Waals surface area (Å²) in [5.74, 6) is 0. The minimum Gasteiger partial charge on any atom is -0.397 e. The number of imidazole rings is 1. The van der Waals surface area contributed by atoms with Crippen LogP contribution in [-0.4, -0.2) is 66.0 Å². The highest BCUT2D eigenvalue weighted by molar-refractivity contribution is 5.83. The van der Waals surface area contributed by atoms with E-state index in [0.29, 0.717) is 16.9 Å². The molecule has 114 valence electrons. The molecule has 0 radical (unpaired) electrons. The third-order valence-corrected chi connectivity index (χ3v) is 3.83. The standard InChI is InChI=1S/C12H16N4O5/c13-6-1-2-14-10-8(6)15-5-16(10)11-9(19)12(20,4-18)7(3-17)21-11/h1-2,5,7,9,11,17-20H,3-4H2,(H2,13,14)/t7-,9+,11-,12-/m1/s1. The van der Waals surface area contributed by atoms with Crippen LogP contribution in [0, 0.1) is 0 Å². The number of fused-ring (bicyclic) bond motifs is 1. The number of hydrogen-bond donors (Lipinski definition) is 5. The van der Waals surface area contributed by atoms with Gasteiger partial charge in [-0.1, -0.05) is 0 Å². The Kier molecular flexibility index (Phi) is 3.30. The van der Waals surface area contributed by atoms with Crippen LogP contribution in [0.5, 0.6) is 0 Å². The summed E-state index contributed by atoms with van der Waals surface area (Å²) in [5.41, 5.74) is 5.06. The molecule has 1 saturated heterocycles. The molecule has 6 N–H and O–H groups in total. The summed E-state index contributed by atoms with van der Waals surface area (Å²) in [6.07, 6.45) is -0.766. The van der Waals surface area contributed by atoms with Gasteiger partial charge in [0.1, 0.15) is 23.3 Å². The first-order chi connectivity index (χ1) is 10.0. The highest BCUT2D eigenvalue weighted by Crippen LogP contribution is 2.38. The summed E-state index contributed by atoms with van der Waals surface area (Å²) in [4.78, 5) is 8.23. The molecule has 2 aromatic rings. The Bertz CT molecular complexity index is 662. The van der Waals surface area contributed by atoms with Crippen molar-refractivity contribution in [3.05, 3.63) is 18.6 Å². The normalized spacial score (nSPS) is 32.9. The molecular formula is C12H16N4O5. The van der Waals surface area contributed by atoms with E-state index in [0.717, 1.165) is 0 Å². The fraction of sp³-hybridized carbons (Fsp3) is 0.500.